The lowest BCUT2D eigenvalue weighted by atomic mass is 9.97. The minimum atomic E-state index is -3.75. The summed E-state index contributed by atoms with van der Waals surface area (Å²) >= 11 is 6.32. The fraction of sp³-hybridized carbons (Fsp3) is 0.0870. The van der Waals surface area contributed by atoms with Gasteiger partial charge in [-0.3, -0.25) is 4.98 Å². The molecule has 4 rings (SSSR count). The van der Waals surface area contributed by atoms with Crippen molar-refractivity contribution < 1.29 is 13.2 Å². The lowest BCUT2D eigenvalue weighted by molar-refractivity contribution is 0.306. The van der Waals surface area contributed by atoms with Gasteiger partial charge < -0.3 is 4.74 Å². The summed E-state index contributed by atoms with van der Waals surface area (Å²) in [6.45, 7) is 2.23. The third-order valence-corrected chi connectivity index (χ3v) is 6.01. The molecule has 0 spiro atoms. The zero-order chi connectivity index (χ0) is 21.3. The van der Waals surface area contributed by atoms with Gasteiger partial charge in [0.15, 0.2) is 0 Å². The third kappa shape index (κ3) is 4.16. The van der Waals surface area contributed by atoms with E-state index in [1.165, 1.54) is 12.1 Å². The number of aryl methyl sites for hydroxylation is 1. The van der Waals surface area contributed by atoms with Crippen molar-refractivity contribution in [3.8, 4) is 16.9 Å². The minimum absolute atomic E-state index is 0.0631. The van der Waals surface area contributed by atoms with E-state index < -0.39 is 10.0 Å². The Morgan fingerprint density at radius 2 is 1.80 bits per heavy atom. The molecule has 0 bridgehead atoms. The van der Waals surface area contributed by atoms with E-state index in [1.54, 1.807) is 12.1 Å². The van der Waals surface area contributed by atoms with Crippen molar-refractivity contribution in [2.45, 2.75) is 18.4 Å². The Labute approximate surface area is 180 Å². The summed E-state index contributed by atoms with van der Waals surface area (Å²) in [5, 5.41) is 6.78. The molecule has 7 heteroatoms. The lowest BCUT2D eigenvalue weighted by Crippen LogP contribution is -2.12. The van der Waals surface area contributed by atoms with Crippen molar-refractivity contribution >= 4 is 32.5 Å². The maximum atomic E-state index is 11.5. The average molecular weight is 439 g/mol. The molecule has 0 unspecified atom stereocenters. The Morgan fingerprint density at radius 1 is 1.03 bits per heavy atom. The number of hydrogen-bond donors (Lipinski definition) is 1. The number of para-hydroxylation sites is 1. The van der Waals surface area contributed by atoms with Crippen LogP contribution in [0.15, 0.2) is 77.8 Å². The van der Waals surface area contributed by atoms with Crippen LogP contribution in [0.3, 0.4) is 0 Å². The summed E-state index contributed by atoms with van der Waals surface area (Å²) in [4.78, 5) is 4.53. The van der Waals surface area contributed by atoms with E-state index in [9.17, 15) is 8.42 Å². The van der Waals surface area contributed by atoms with Crippen LogP contribution in [-0.2, 0) is 16.6 Å². The van der Waals surface area contributed by atoms with Crippen LogP contribution in [0.1, 0.15) is 11.1 Å². The first kappa shape index (κ1) is 20.3. The molecule has 0 saturated heterocycles. The molecule has 0 fully saturated rings. The standard InChI is InChI=1S/C23H19ClN2O3S/c1-15-13-26-23-20(9-4-10-21(23)24)22(15)17-6-3-7-18(12-17)29-14-16-5-2-8-19(11-16)30(25,27)28/h2-13H,14H2,1H3,(H2,25,27,28). The van der Waals surface area contributed by atoms with Gasteiger partial charge in [-0.05, 0) is 59.5 Å². The van der Waals surface area contributed by atoms with Crippen LogP contribution >= 0.6 is 11.6 Å². The summed E-state index contributed by atoms with van der Waals surface area (Å²) in [7, 11) is -3.75. The van der Waals surface area contributed by atoms with Crippen molar-refractivity contribution in [3.63, 3.8) is 0 Å². The van der Waals surface area contributed by atoms with Gasteiger partial charge in [-0.25, -0.2) is 13.6 Å². The van der Waals surface area contributed by atoms with Crippen molar-refractivity contribution in [2.75, 3.05) is 0 Å². The van der Waals surface area contributed by atoms with Gasteiger partial charge in [0.05, 0.1) is 15.4 Å². The first-order valence-corrected chi connectivity index (χ1v) is 11.1. The van der Waals surface area contributed by atoms with Gasteiger partial charge in [0.2, 0.25) is 10.0 Å². The molecule has 152 valence electrons. The monoisotopic (exact) mass is 438 g/mol. The van der Waals surface area contributed by atoms with Gasteiger partial charge in [-0.15, -0.1) is 0 Å². The van der Waals surface area contributed by atoms with Crippen LogP contribution in [0, 0.1) is 6.92 Å². The predicted molar refractivity (Wildman–Crippen MR) is 119 cm³/mol. The van der Waals surface area contributed by atoms with Gasteiger partial charge in [0, 0.05) is 11.6 Å². The highest BCUT2D eigenvalue weighted by atomic mass is 35.5. The van der Waals surface area contributed by atoms with Gasteiger partial charge in [0.1, 0.15) is 12.4 Å². The quantitative estimate of drug-likeness (QED) is 0.470. The van der Waals surface area contributed by atoms with Crippen molar-refractivity contribution in [2.24, 2.45) is 5.14 Å². The first-order chi connectivity index (χ1) is 14.3. The van der Waals surface area contributed by atoms with Crippen LogP contribution in [0.5, 0.6) is 5.75 Å². The van der Waals surface area contributed by atoms with Crippen molar-refractivity contribution in [1.82, 2.24) is 4.98 Å². The number of sulfonamides is 1. The molecule has 0 atom stereocenters. The van der Waals surface area contributed by atoms with E-state index >= 15 is 0 Å². The number of nitrogens with zero attached hydrogens (tertiary/aromatic N) is 1. The Kier molecular flexibility index (Phi) is 5.47. The second kappa shape index (κ2) is 8.07. The number of nitrogens with two attached hydrogens (primary N) is 1. The number of pyridine rings is 1. The normalized spacial score (nSPS) is 11.6. The fourth-order valence-corrected chi connectivity index (χ4v) is 4.20. The maximum Gasteiger partial charge on any atom is 0.238 e. The van der Waals surface area contributed by atoms with Crippen molar-refractivity contribution in [1.29, 1.82) is 0 Å². The molecule has 1 aromatic heterocycles. The first-order valence-electron chi connectivity index (χ1n) is 9.22. The van der Waals surface area contributed by atoms with Crippen LogP contribution in [0.2, 0.25) is 5.02 Å². The van der Waals surface area contributed by atoms with Crippen molar-refractivity contribution in [3.05, 3.63) is 89.1 Å². The molecule has 0 aliphatic rings. The molecule has 0 radical (unpaired) electrons. The molecule has 0 amide bonds. The average Bonchev–Trinajstić information content (AvgIpc) is 2.72. The molecule has 3 aromatic carbocycles. The highest BCUT2D eigenvalue weighted by Gasteiger charge is 2.12. The van der Waals surface area contributed by atoms with E-state index in [0.29, 0.717) is 16.3 Å². The fourth-order valence-electron chi connectivity index (χ4n) is 3.39. The van der Waals surface area contributed by atoms with E-state index in [0.717, 1.165) is 27.6 Å². The van der Waals surface area contributed by atoms with E-state index in [1.807, 2.05) is 55.6 Å². The number of benzene rings is 3. The number of halogens is 1. The van der Waals surface area contributed by atoms with Gasteiger partial charge in [0.25, 0.3) is 0 Å². The molecular weight excluding hydrogens is 420 g/mol. The predicted octanol–water partition coefficient (Wildman–Crippen LogP) is 5.09. The number of aromatic nitrogens is 1. The smallest absolute Gasteiger partial charge is 0.238 e. The Morgan fingerprint density at radius 3 is 2.60 bits per heavy atom. The Hall–Kier alpha value is -2.93. The van der Waals surface area contributed by atoms with E-state index in [2.05, 4.69) is 4.98 Å². The number of hydrogen-bond acceptors (Lipinski definition) is 4. The Balaban J connectivity index is 1.66. The molecule has 0 saturated carbocycles. The Bertz CT molecular complexity index is 1350. The van der Waals surface area contributed by atoms with Crippen LogP contribution < -0.4 is 9.88 Å². The summed E-state index contributed by atoms with van der Waals surface area (Å²) in [5.74, 6) is 0.667. The molecule has 2 N–H and O–H groups in total. The second-order valence-corrected chi connectivity index (χ2v) is 8.93. The summed E-state index contributed by atoms with van der Waals surface area (Å²) in [6.07, 6.45) is 1.82. The topological polar surface area (TPSA) is 82.3 Å². The number of ether oxygens (including phenoxy) is 1. The van der Waals surface area contributed by atoms with Gasteiger partial charge in [-0.2, -0.15) is 0 Å². The number of fused-ring (bicyclic) bond motifs is 1. The largest absolute Gasteiger partial charge is 0.489 e. The molecule has 1 heterocycles. The van der Waals surface area contributed by atoms with Crippen LogP contribution in [0.4, 0.5) is 0 Å². The van der Waals surface area contributed by atoms with Crippen LogP contribution in [0.25, 0.3) is 22.0 Å². The van der Waals surface area contributed by atoms with Crippen LogP contribution in [-0.4, -0.2) is 13.4 Å². The zero-order valence-electron chi connectivity index (χ0n) is 16.2. The number of primary sulfonamides is 1. The third-order valence-electron chi connectivity index (χ3n) is 4.79. The summed E-state index contributed by atoms with van der Waals surface area (Å²) in [5.41, 5.74) is 4.53. The van der Waals surface area contributed by atoms with Gasteiger partial charge >= 0.3 is 0 Å². The highest BCUT2D eigenvalue weighted by Crippen LogP contribution is 2.35. The molecule has 0 aliphatic heterocycles. The highest BCUT2D eigenvalue weighted by molar-refractivity contribution is 7.89. The number of rotatable bonds is 5. The van der Waals surface area contributed by atoms with E-state index in [4.69, 9.17) is 21.5 Å². The molecular formula is C23H19ClN2O3S. The second-order valence-electron chi connectivity index (χ2n) is 6.96. The zero-order valence-corrected chi connectivity index (χ0v) is 17.7. The maximum absolute atomic E-state index is 11.5. The molecule has 4 aromatic rings. The summed E-state index contributed by atoms with van der Waals surface area (Å²) < 4.78 is 29.0. The minimum Gasteiger partial charge on any atom is -0.489 e. The molecule has 5 nitrogen and oxygen atoms in total. The van der Waals surface area contributed by atoms with Gasteiger partial charge in [-0.1, -0.05) is 48.0 Å². The summed E-state index contributed by atoms with van der Waals surface area (Å²) in [6, 6.07) is 19.9. The molecule has 30 heavy (non-hydrogen) atoms. The molecule has 0 aliphatic carbocycles. The lowest BCUT2D eigenvalue weighted by Gasteiger charge is -2.13. The SMILES string of the molecule is Cc1cnc2c(Cl)cccc2c1-c1cccc(OCc2cccc(S(N)(=O)=O)c2)c1. The van der Waals surface area contributed by atoms with E-state index in [-0.39, 0.29) is 11.5 Å².